The van der Waals surface area contributed by atoms with Gasteiger partial charge in [-0.25, -0.2) is 0 Å². The number of amides is 3. The van der Waals surface area contributed by atoms with Crippen LogP contribution in [0.1, 0.15) is 51.2 Å². The number of rotatable bonds is 10. The maximum atomic E-state index is 14.3. The van der Waals surface area contributed by atoms with E-state index >= 15 is 0 Å². The second kappa shape index (κ2) is 11.4. The number of hydrogen-bond acceptors (Lipinski definition) is 6. The van der Waals surface area contributed by atoms with Crippen molar-refractivity contribution in [2.45, 2.75) is 77.7 Å². The zero-order valence-corrected chi connectivity index (χ0v) is 24.5. The molecule has 3 amide bonds. The van der Waals surface area contributed by atoms with E-state index in [1.165, 1.54) is 4.90 Å². The lowest BCUT2D eigenvalue weighted by Gasteiger charge is -2.38. The summed E-state index contributed by atoms with van der Waals surface area (Å²) in [5, 5.41) is 16.5. The van der Waals surface area contributed by atoms with Crippen molar-refractivity contribution in [3.05, 3.63) is 53.6 Å². The standard InChI is InChI=1S/C32H41N3O6/c1-6-19(4)24(17-36)35-28(30(38)34-23-16-18(3)8-9-20(23)5)32-15-14-25(41-32)26(27(32)31(35)39)29(37)33-21-10-12-22(13-11-21)40-7-2/h8-13,16,19,24-28,36H,6-7,14-15,17H2,1-5H3,(H,33,37)(H,34,38)/t19-,24-,25+,26-,27-,28?,32?/m0/s1. The molecule has 0 aromatic heterocycles. The summed E-state index contributed by atoms with van der Waals surface area (Å²) in [6.45, 7) is 9.99. The van der Waals surface area contributed by atoms with Crippen molar-refractivity contribution in [2.24, 2.45) is 17.8 Å². The number of ether oxygens (including phenoxy) is 2. The molecule has 41 heavy (non-hydrogen) atoms. The van der Waals surface area contributed by atoms with Gasteiger partial charge in [-0.1, -0.05) is 32.4 Å². The SMILES string of the molecule is CCOc1ccc(NC(=O)[C@@H]2[C@H]3C(=O)N([C@@H](CO)[C@@H](C)CC)C(C(=O)Nc4cc(C)ccc4C)C34CC[C@H]2O4)cc1. The van der Waals surface area contributed by atoms with Gasteiger partial charge in [0, 0.05) is 11.4 Å². The van der Waals surface area contributed by atoms with Crippen LogP contribution in [0.15, 0.2) is 42.5 Å². The first-order chi connectivity index (χ1) is 19.6. The van der Waals surface area contributed by atoms with Gasteiger partial charge < -0.3 is 30.1 Å². The number of carbonyl (C=O) groups is 3. The van der Waals surface area contributed by atoms with Crippen LogP contribution >= 0.6 is 0 Å². The molecule has 2 aromatic carbocycles. The zero-order chi connectivity index (χ0) is 29.5. The number of nitrogens with zero attached hydrogens (tertiary/aromatic N) is 1. The molecule has 1 spiro atoms. The third-order valence-electron chi connectivity index (χ3n) is 9.22. The molecule has 2 unspecified atom stereocenters. The molecule has 3 saturated heterocycles. The Labute approximate surface area is 241 Å². The van der Waals surface area contributed by atoms with Crippen LogP contribution in [0.4, 0.5) is 11.4 Å². The molecule has 3 aliphatic rings. The Kier molecular flexibility index (Phi) is 8.12. The molecule has 0 aliphatic carbocycles. The normalized spacial score (nSPS) is 27.9. The third-order valence-corrected chi connectivity index (χ3v) is 9.22. The molecule has 220 valence electrons. The highest BCUT2D eigenvalue weighted by Gasteiger charge is 2.75. The van der Waals surface area contributed by atoms with Crippen molar-refractivity contribution in [3.63, 3.8) is 0 Å². The van der Waals surface area contributed by atoms with E-state index in [9.17, 15) is 19.5 Å². The first-order valence-corrected chi connectivity index (χ1v) is 14.7. The predicted molar refractivity (Wildman–Crippen MR) is 156 cm³/mol. The fourth-order valence-corrected chi connectivity index (χ4v) is 6.96. The summed E-state index contributed by atoms with van der Waals surface area (Å²) in [6, 6.07) is 11.4. The molecule has 5 rings (SSSR count). The average Bonchev–Trinajstić information content (AvgIpc) is 3.60. The summed E-state index contributed by atoms with van der Waals surface area (Å²) < 4.78 is 12.1. The minimum absolute atomic E-state index is 0.0662. The molecule has 3 fully saturated rings. The Morgan fingerprint density at radius 3 is 2.51 bits per heavy atom. The second-order valence-electron chi connectivity index (χ2n) is 11.7. The number of aliphatic hydroxyl groups excluding tert-OH is 1. The van der Waals surface area contributed by atoms with Gasteiger partial charge in [-0.05, 0) is 81.0 Å². The number of carbonyl (C=O) groups excluding carboxylic acids is 3. The monoisotopic (exact) mass is 563 g/mol. The van der Waals surface area contributed by atoms with Crippen LogP contribution in [-0.4, -0.2) is 64.7 Å². The van der Waals surface area contributed by atoms with Crippen molar-refractivity contribution in [2.75, 3.05) is 23.8 Å². The summed E-state index contributed by atoms with van der Waals surface area (Å²) in [7, 11) is 0. The molecule has 0 radical (unpaired) electrons. The molecule has 3 aliphatic heterocycles. The van der Waals surface area contributed by atoms with Gasteiger partial charge in [-0.2, -0.15) is 0 Å². The first-order valence-electron chi connectivity index (χ1n) is 14.7. The van der Waals surface area contributed by atoms with Crippen LogP contribution < -0.4 is 15.4 Å². The van der Waals surface area contributed by atoms with Crippen LogP contribution in [0, 0.1) is 31.6 Å². The van der Waals surface area contributed by atoms with Gasteiger partial charge in [0.2, 0.25) is 17.7 Å². The Bertz CT molecular complexity index is 1310. The number of aryl methyl sites for hydroxylation is 2. The number of hydrogen-bond donors (Lipinski definition) is 3. The lowest BCUT2D eigenvalue weighted by molar-refractivity contribution is -0.144. The largest absolute Gasteiger partial charge is 0.494 e. The van der Waals surface area contributed by atoms with Gasteiger partial charge in [0.15, 0.2) is 0 Å². The molecule has 2 aromatic rings. The number of fused-ring (bicyclic) bond motifs is 1. The third kappa shape index (κ3) is 4.99. The van der Waals surface area contributed by atoms with Crippen molar-refractivity contribution in [1.82, 2.24) is 4.90 Å². The maximum absolute atomic E-state index is 14.3. The molecule has 2 bridgehead atoms. The Balaban J connectivity index is 1.49. The van der Waals surface area contributed by atoms with Crippen LogP contribution in [0.3, 0.4) is 0 Å². The average molecular weight is 564 g/mol. The molecular weight excluding hydrogens is 522 g/mol. The van der Waals surface area contributed by atoms with Gasteiger partial charge in [-0.15, -0.1) is 0 Å². The van der Waals surface area contributed by atoms with Crippen molar-refractivity contribution in [3.8, 4) is 5.75 Å². The minimum Gasteiger partial charge on any atom is -0.494 e. The molecule has 0 saturated carbocycles. The number of anilines is 2. The molecule has 7 atom stereocenters. The summed E-state index contributed by atoms with van der Waals surface area (Å²) in [4.78, 5) is 43.8. The fraction of sp³-hybridized carbons (Fsp3) is 0.531. The first kappa shape index (κ1) is 29.1. The smallest absolute Gasteiger partial charge is 0.250 e. The quantitative estimate of drug-likeness (QED) is 0.401. The number of nitrogens with one attached hydrogen (secondary N) is 2. The van der Waals surface area contributed by atoms with Crippen molar-refractivity contribution < 1.29 is 29.0 Å². The number of aliphatic hydroxyl groups is 1. The molecule has 9 nitrogen and oxygen atoms in total. The topological polar surface area (TPSA) is 117 Å². The highest BCUT2D eigenvalue weighted by Crippen LogP contribution is 2.59. The molecule has 3 heterocycles. The lowest BCUT2D eigenvalue weighted by Crippen LogP contribution is -2.57. The van der Waals surface area contributed by atoms with E-state index in [4.69, 9.17) is 9.47 Å². The van der Waals surface area contributed by atoms with Crippen LogP contribution in [0.25, 0.3) is 0 Å². The summed E-state index contributed by atoms with van der Waals surface area (Å²) in [5.74, 6) is -1.91. The minimum atomic E-state index is -1.15. The Hall–Kier alpha value is -3.43. The molecular formula is C32H41N3O6. The number of benzene rings is 2. The van der Waals surface area contributed by atoms with Gasteiger partial charge in [0.25, 0.3) is 0 Å². The van der Waals surface area contributed by atoms with E-state index in [1.807, 2.05) is 52.8 Å². The Morgan fingerprint density at radius 1 is 1.12 bits per heavy atom. The Morgan fingerprint density at radius 2 is 1.85 bits per heavy atom. The summed E-state index contributed by atoms with van der Waals surface area (Å²) in [5.41, 5.74) is 2.01. The highest BCUT2D eigenvalue weighted by molar-refractivity contribution is 6.05. The van der Waals surface area contributed by atoms with E-state index in [1.54, 1.807) is 24.3 Å². The maximum Gasteiger partial charge on any atom is 0.250 e. The van der Waals surface area contributed by atoms with E-state index in [2.05, 4.69) is 10.6 Å². The van der Waals surface area contributed by atoms with E-state index in [-0.39, 0.29) is 30.2 Å². The molecule has 3 N–H and O–H groups in total. The summed E-state index contributed by atoms with van der Waals surface area (Å²) >= 11 is 0. The van der Waals surface area contributed by atoms with Crippen molar-refractivity contribution >= 4 is 29.1 Å². The van der Waals surface area contributed by atoms with Gasteiger partial charge >= 0.3 is 0 Å². The highest BCUT2D eigenvalue weighted by atomic mass is 16.5. The lowest BCUT2D eigenvalue weighted by atomic mass is 9.70. The van der Waals surface area contributed by atoms with Crippen LogP contribution in [-0.2, 0) is 19.1 Å². The van der Waals surface area contributed by atoms with Gasteiger partial charge in [0.05, 0.1) is 37.2 Å². The second-order valence-corrected chi connectivity index (χ2v) is 11.7. The van der Waals surface area contributed by atoms with Crippen LogP contribution in [0.2, 0.25) is 0 Å². The van der Waals surface area contributed by atoms with Crippen LogP contribution in [0.5, 0.6) is 5.75 Å². The van der Waals surface area contributed by atoms with E-state index in [0.29, 0.717) is 43.0 Å². The van der Waals surface area contributed by atoms with E-state index in [0.717, 1.165) is 11.1 Å². The van der Waals surface area contributed by atoms with Gasteiger partial charge in [0.1, 0.15) is 17.4 Å². The fourth-order valence-electron chi connectivity index (χ4n) is 6.96. The van der Waals surface area contributed by atoms with Gasteiger partial charge in [-0.3, -0.25) is 14.4 Å². The predicted octanol–water partition coefficient (Wildman–Crippen LogP) is 4.06. The zero-order valence-electron chi connectivity index (χ0n) is 24.5. The number of likely N-dealkylation sites (tertiary alicyclic amines) is 1. The summed E-state index contributed by atoms with van der Waals surface area (Å²) in [6.07, 6.45) is 1.30. The van der Waals surface area contributed by atoms with E-state index < -0.39 is 35.6 Å². The van der Waals surface area contributed by atoms with Crippen molar-refractivity contribution in [1.29, 1.82) is 0 Å². The molecule has 9 heteroatoms.